The molecule has 0 saturated carbocycles. The van der Waals surface area contributed by atoms with Crippen molar-refractivity contribution in [2.45, 2.75) is 19.9 Å². The van der Waals surface area contributed by atoms with Gasteiger partial charge in [0.1, 0.15) is 5.01 Å². The summed E-state index contributed by atoms with van der Waals surface area (Å²) >= 11 is 1.74. The van der Waals surface area contributed by atoms with Gasteiger partial charge in [0.2, 0.25) is 0 Å². The third-order valence-corrected chi connectivity index (χ3v) is 4.43. The molecule has 0 saturated heterocycles. The van der Waals surface area contributed by atoms with E-state index in [1.807, 2.05) is 18.2 Å². The van der Waals surface area contributed by atoms with Crippen LogP contribution in [0.2, 0.25) is 0 Å². The number of nitrogens with one attached hydrogen (secondary N) is 2. The Bertz CT molecular complexity index is 609. The summed E-state index contributed by atoms with van der Waals surface area (Å²) in [6.45, 7) is 4.76. The smallest absolute Gasteiger partial charge is 0.191 e. The summed E-state index contributed by atoms with van der Waals surface area (Å²) in [5, 5.41) is 7.71. The van der Waals surface area contributed by atoms with Crippen molar-refractivity contribution in [1.29, 1.82) is 0 Å². The van der Waals surface area contributed by atoms with E-state index in [1.165, 1.54) is 10.4 Å². The van der Waals surface area contributed by atoms with E-state index in [0.29, 0.717) is 0 Å². The first-order valence-electron chi connectivity index (χ1n) is 6.87. The molecule has 0 atom stereocenters. The molecule has 1 aliphatic rings. The second-order valence-electron chi connectivity index (χ2n) is 4.76. The number of nitrogens with zero attached hydrogens (tertiary/aromatic N) is 2. The van der Waals surface area contributed by atoms with Crippen molar-refractivity contribution in [3.63, 3.8) is 0 Å². The minimum absolute atomic E-state index is 0. The quantitative estimate of drug-likeness (QED) is 0.759. The van der Waals surface area contributed by atoms with Crippen molar-refractivity contribution >= 4 is 41.3 Å². The second kappa shape index (κ2) is 7.74. The Labute approximate surface area is 146 Å². The first-order chi connectivity index (χ1) is 9.83. The molecule has 1 aromatic heterocycles. The van der Waals surface area contributed by atoms with Crippen LogP contribution in [0.1, 0.15) is 17.0 Å². The van der Waals surface area contributed by atoms with Crippen LogP contribution in [0.5, 0.6) is 0 Å². The molecule has 1 aromatic carbocycles. The van der Waals surface area contributed by atoms with Gasteiger partial charge in [-0.05, 0) is 13.3 Å². The lowest BCUT2D eigenvalue weighted by Crippen LogP contribution is -2.40. The van der Waals surface area contributed by atoms with Gasteiger partial charge < -0.3 is 10.6 Å². The lowest BCUT2D eigenvalue weighted by atomic mass is 10.2. The molecule has 3 rings (SSSR count). The molecule has 4 nitrogen and oxygen atoms in total. The molecule has 1 aliphatic heterocycles. The maximum atomic E-state index is 4.66. The fraction of sp³-hybridized carbons (Fsp3) is 0.333. The van der Waals surface area contributed by atoms with Gasteiger partial charge in [-0.1, -0.05) is 30.3 Å². The Kier molecular flexibility index (Phi) is 5.98. The van der Waals surface area contributed by atoms with Crippen LogP contribution in [0, 0.1) is 6.92 Å². The fourth-order valence-corrected chi connectivity index (χ4v) is 3.12. The van der Waals surface area contributed by atoms with E-state index in [1.54, 1.807) is 11.3 Å². The molecule has 0 fully saturated rings. The molecule has 0 amide bonds. The van der Waals surface area contributed by atoms with Gasteiger partial charge in [0.15, 0.2) is 5.96 Å². The van der Waals surface area contributed by atoms with Gasteiger partial charge in [0.05, 0.1) is 12.2 Å². The van der Waals surface area contributed by atoms with Gasteiger partial charge in [-0.3, -0.25) is 4.99 Å². The molecule has 0 spiro atoms. The topological polar surface area (TPSA) is 49.3 Å². The van der Waals surface area contributed by atoms with Gasteiger partial charge in [0, 0.05) is 23.5 Å². The van der Waals surface area contributed by atoms with Crippen molar-refractivity contribution in [3.05, 3.63) is 40.9 Å². The zero-order chi connectivity index (χ0) is 13.8. The van der Waals surface area contributed by atoms with Crippen LogP contribution in [-0.4, -0.2) is 24.0 Å². The highest BCUT2D eigenvalue weighted by Gasteiger charge is 2.10. The predicted octanol–water partition coefficient (Wildman–Crippen LogP) is 3.18. The third kappa shape index (κ3) is 4.16. The van der Waals surface area contributed by atoms with E-state index in [-0.39, 0.29) is 24.0 Å². The summed E-state index contributed by atoms with van der Waals surface area (Å²) in [4.78, 5) is 10.3. The van der Waals surface area contributed by atoms with Crippen LogP contribution in [0.25, 0.3) is 10.6 Å². The normalized spacial score (nSPS) is 13.9. The third-order valence-electron chi connectivity index (χ3n) is 3.23. The molecule has 2 aromatic rings. The highest BCUT2D eigenvalue weighted by atomic mass is 127. The molecule has 21 heavy (non-hydrogen) atoms. The first-order valence-corrected chi connectivity index (χ1v) is 7.68. The summed E-state index contributed by atoms with van der Waals surface area (Å²) in [6.07, 6.45) is 1.11. The molecule has 112 valence electrons. The second-order valence-corrected chi connectivity index (χ2v) is 5.84. The molecule has 2 N–H and O–H groups in total. The summed E-state index contributed by atoms with van der Waals surface area (Å²) in [5.41, 5.74) is 2.28. The van der Waals surface area contributed by atoms with E-state index in [9.17, 15) is 0 Å². The Morgan fingerprint density at radius 2 is 2.10 bits per heavy atom. The van der Waals surface area contributed by atoms with Crippen molar-refractivity contribution in [1.82, 2.24) is 15.6 Å². The number of benzene rings is 1. The number of hydrogen-bond acceptors (Lipinski definition) is 5. The van der Waals surface area contributed by atoms with Crippen LogP contribution in [-0.2, 0) is 6.54 Å². The van der Waals surface area contributed by atoms with E-state index in [0.717, 1.165) is 42.7 Å². The zero-order valence-electron chi connectivity index (χ0n) is 11.9. The van der Waals surface area contributed by atoms with Crippen LogP contribution >= 0.6 is 35.3 Å². The maximum absolute atomic E-state index is 4.66. The molecule has 0 unspecified atom stereocenters. The molecule has 0 bridgehead atoms. The fourth-order valence-electron chi connectivity index (χ4n) is 2.11. The summed E-state index contributed by atoms with van der Waals surface area (Å²) in [5.74, 6) is 0.908. The summed E-state index contributed by atoms with van der Waals surface area (Å²) < 4.78 is 0. The van der Waals surface area contributed by atoms with Crippen LogP contribution < -0.4 is 10.6 Å². The van der Waals surface area contributed by atoms with Crippen LogP contribution in [0.4, 0.5) is 0 Å². The molecular formula is C15H19IN4S. The van der Waals surface area contributed by atoms with Gasteiger partial charge in [-0.15, -0.1) is 35.3 Å². The number of hydrogen-bond donors (Lipinski definition) is 2. The molecule has 0 radical (unpaired) electrons. The van der Waals surface area contributed by atoms with E-state index < -0.39 is 0 Å². The maximum Gasteiger partial charge on any atom is 0.191 e. The first kappa shape index (κ1) is 16.2. The lowest BCUT2D eigenvalue weighted by Gasteiger charge is -2.15. The van der Waals surface area contributed by atoms with Crippen molar-refractivity contribution in [3.8, 4) is 10.6 Å². The highest BCUT2D eigenvalue weighted by molar-refractivity contribution is 14.0. The number of guanidine groups is 1. The average molecular weight is 414 g/mol. The molecule has 2 heterocycles. The van der Waals surface area contributed by atoms with Gasteiger partial charge in [-0.2, -0.15) is 0 Å². The minimum atomic E-state index is 0. The van der Waals surface area contributed by atoms with Crippen LogP contribution in [0.15, 0.2) is 35.3 Å². The van der Waals surface area contributed by atoms with Gasteiger partial charge in [-0.25, -0.2) is 4.98 Å². The predicted molar refractivity (Wildman–Crippen MR) is 99.5 cm³/mol. The summed E-state index contributed by atoms with van der Waals surface area (Å²) in [6, 6.07) is 10.3. The Morgan fingerprint density at radius 1 is 1.29 bits per heavy atom. The lowest BCUT2D eigenvalue weighted by molar-refractivity contribution is 0.703. The number of aryl methyl sites for hydroxylation is 1. The van der Waals surface area contributed by atoms with E-state index in [4.69, 9.17) is 0 Å². The highest BCUT2D eigenvalue weighted by Crippen LogP contribution is 2.27. The minimum Gasteiger partial charge on any atom is -0.356 e. The van der Waals surface area contributed by atoms with E-state index >= 15 is 0 Å². The Hall–Kier alpha value is -1.15. The molecule has 6 heteroatoms. The van der Waals surface area contributed by atoms with Crippen molar-refractivity contribution in [2.24, 2.45) is 4.99 Å². The monoisotopic (exact) mass is 414 g/mol. The van der Waals surface area contributed by atoms with Crippen LogP contribution in [0.3, 0.4) is 0 Å². The van der Waals surface area contributed by atoms with Crippen molar-refractivity contribution in [2.75, 3.05) is 13.1 Å². The number of aliphatic imine (C=N–C) groups is 1. The number of rotatable bonds is 3. The number of thiazole rings is 1. The van der Waals surface area contributed by atoms with Crippen molar-refractivity contribution < 1.29 is 0 Å². The average Bonchev–Trinajstić information content (AvgIpc) is 2.88. The van der Waals surface area contributed by atoms with Gasteiger partial charge >= 0.3 is 0 Å². The van der Waals surface area contributed by atoms with E-state index in [2.05, 4.69) is 39.7 Å². The molecule has 0 aliphatic carbocycles. The van der Waals surface area contributed by atoms with Gasteiger partial charge in [0.25, 0.3) is 0 Å². The largest absolute Gasteiger partial charge is 0.356 e. The Morgan fingerprint density at radius 3 is 2.81 bits per heavy atom. The molecular weight excluding hydrogens is 395 g/mol. The standard InChI is InChI=1S/C15H18N4S.HI/c1-11-13(10-18-15-16-8-5-9-17-15)20-14(19-11)12-6-3-2-4-7-12;/h2-4,6-7H,5,8-10H2,1H3,(H2,16,17,18);1H. The number of aromatic nitrogens is 1. The SMILES string of the molecule is Cc1nc(-c2ccccc2)sc1CNC1=NCCCN1.I. The summed E-state index contributed by atoms with van der Waals surface area (Å²) in [7, 11) is 0. The Balaban J connectivity index is 0.00000161. The zero-order valence-corrected chi connectivity index (χ0v) is 15.1. The number of halogens is 1.